The summed E-state index contributed by atoms with van der Waals surface area (Å²) in [7, 11) is 2.57. The summed E-state index contributed by atoms with van der Waals surface area (Å²) in [6.45, 7) is 3.73. The highest BCUT2D eigenvalue weighted by Crippen LogP contribution is 2.31. The molecule has 0 spiro atoms. The van der Waals surface area contributed by atoms with Crippen molar-refractivity contribution in [2.24, 2.45) is 0 Å². The van der Waals surface area contributed by atoms with Crippen LogP contribution >= 0.6 is 0 Å². The molecule has 0 amide bonds. The maximum atomic E-state index is 11.3. The highest BCUT2D eigenvalue weighted by atomic mass is 16.5. The van der Waals surface area contributed by atoms with Crippen molar-refractivity contribution in [2.45, 2.75) is 12.8 Å². The summed E-state index contributed by atoms with van der Waals surface area (Å²) in [5.41, 5.74) is 1.56. The Hall–Kier alpha value is -1.58. The lowest BCUT2D eigenvalue weighted by Crippen LogP contribution is -2.10. The summed E-state index contributed by atoms with van der Waals surface area (Å²) in [5.74, 6) is -0.965. The van der Waals surface area contributed by atoms with Gasteiger partial charge in [-0.15, -0.1) is 0 Å². The van der Waals surface area contributed by atoms with E-state index in [4.69, 9.17) is 0 Å². The minimum absolute atomic E-state index is 0.365. The van der Waals surface area contributed by atoms with E-state index in [1.165, 1.54) is 14.2 Å². The maximum Gasteiger partial charge on any atom is 0.334 e. The van der Waals surface area contributed by atoms with Gasteiger partial charge in [0.1, 0.15) is 0 Å². The number of esters is 2. The third kappa shape index (κ3) is 1.84. The average molecular weight is 196 g/mol. The zero-order chi connectivity index (χ0) is 10.7. The fraction of sp³-hybridized carbons (Fsp3) is 0.400. The monoisotopic (exact) mass is 196 g/mol. The van der Waals surface area contributed by atoms with Gasteiger partial charge in [0.05, 0.1) is 25.4 Å². The van der Waals surface area contributed by atoms with Gasteiger partial charge in [0, 0.05) is 12.8 Å². The predicted molar refractivity (Wildman–Crippen MR) is 49.4 cm³/mol. The van der Waals surface area contributed by atoms with Gasteiger partial charge in [0.15, 0.2) is 0 Å². The van der Waals surface area contributed by atoms with Gasteiger partial charge in [-0.3, -0.25) is 0 Å². The Labute approximate surface area is 82.2 Å². The van der Waals surface area contributed by atoms with Gasteiger partial charge in [-0.25, -0.2) is 9.59 Å². The number of carbonyl (C=O) groups is 2. The van der Waals surface area contributed by atoms with Crippen LogP contribution in [-0.4, -0.2) is 26.2 Å². The van der Waals surface area contributed by atoms with Gasteiger partial charge in [0.2, 0.25) is 0 Å². The van der Waals surface area contributed by atoms with Crippen molar-refractivity contribution in [3.05, 3.63) is 23.3 Å². The number of ether oxygens (including phenoxy) is 2. The summed E-state index contributed by atoms with van der Waals surface area (Å²) in [5, 5.41) is 0. The van der Waals surface area contributed by atoms with E-state index < -0.39 is 11.9 Å². The summed E-state index contributed by atoms with van der Waals surface area (Å²) in [6.07, 6.45) is 0.800. The van der Waals surface area contributed by atoms with E-state index in [0.29, 0.717) is 24.0 Å². The van der Waals surface area contributed by atoms with Crippen LogP contribution in [-0.2, 0) is 19.1 Å². The molecule has 0 saturated carbocycles. The lowest BCUT2D eigenvalue weighted by atomic mass is 10.1. The fourth-order valence-corrected chi connectivity index (χ4v) is 1.41. The first-order chi connectivity index (χ1) is 6.60. The van der Waals surface area contributed by atoms with Crippen molar-refractivity contribution in [3.63, 3.8) is 0 Å². The smallest absolute Gasteiger partial charge is 0.334 e. The van der Waals surface area contributed by atoms with E-state index in [9.17, 15) is 9.59 Å². The standard InChI is InChI=1S/C10H12O4/c1-6-4-7(9(11)13-2)8(5-6)10(12)14-3/h1,4-5H2,2-3H3. The molecule has 76 valence electrons. The third-order valence-electron chi connectivity index (χ3n) is 2.08. The van der Waals surface area contributed by atoms with Crippen LogP contribution in [0.3, 0.4) is 0 Å². The van der Waals surface area contributed by atoms with Crippen LogP contribution in [0.25, 0.3) is 0 Å². The predicted octanol–water partition coefficient (Wildman–Crippen LogP) is 0.979. The van der Waals surface area contributed by atoms with E-state index in [0.717, 1.165) is 5.57 Å². The molecule has 1 rings (SSSR count). The Morgan fingerprint density at radius 1 is 1.07 bits per heavy atom. The Bertz CT molecular complexity index is 295. The molecule has 0 heterocycles. The highest BCUT2D eigenvalue weighted by Gasteiger charge is 2.28. The number of rotatable bonds is 2. The van der Waals surface area contributed by atoms with Crippen molar-refractivity contribution in [1.29, 1.82) is 0 Å². The number of hydrogen-bond donors (Lipinski definition) is 0. The second-order valence-corrected chi connectivity index (χ2v) is 3.04. The second kappa shape index (κ2) is 4.09. The molecule has 0 atom stereocenters. The molecular weight excluding hydrogens is 184 g/mol. The first-order valence-electron chi connectivity index (χ1n) is 4.15. The molecule has 0 aromatic heterocycles. The minimum Gasteiger partial charge on any atom is -0.466 e. The molecule has 1 aliphatic carbocycles. The molecule has 0 saturated heterocycles. The van der Waals surface area contributed by atoms with Crippen molar-refractivity contribution in [3.8, 4) is 0 Å². The Kier molecular flexibility index (Phi) is 3.06. The van der Waals surface area contributed by atoms with Crippen LogP contribution < -0.4 is 0 Å². The van der Waals surface area contributed by atoms with Gasteiger partial charge in [-0.1, -0.05) is 12.2 Å². The van der Waals surface area contributed by atoms with Crippen LogP contribution in [0.1, 0.15) is 12.8 Å². The zero-order valence-electron chi connectivity index (χ0n) is 8.25. The third-order valence-corrected chi connectivity index (χ3v) is 2.08. The lowest BCUT2D eigenvalue weighted by Gasteiger charge is -2.02. The van der Waals surface area contributed by atoms with Gasteiger partial charge >= 0.3 is 11.9 Å². The maximum absolute atomic E-state index is 11.3. The van der Waals surface area contributed by atoms with Crippen LogP contribution in [0.4, 0.5) is 0 Å². The van der Waals surface area contributed by atoms with E-state index in [-0.39, 0.29) is 0 Å². The van der Waals surface area contributed by atoms with Crippen molar-refractivity contribution in [2.75, 3.05) is 14.2 Å². The summed E-state index contributed by atoms with van der Waals surface area (Å²) in [4.78, 5) is 22.5. The molecular formula is C10H12O4. The Morgan fingerprint density at radius 3 is 1.71 bits per heavy atom. The summed E-state index contributed by atoms with van der Waals surface area (Å²) < 4.78 is 9.12. The lowest BCUT2D eigenvalue weighted by molar-refractivity contribution is -0.139. The molecule has 1 aliphatic rings. The fourth-order valence-electron chi connectivity index (χ4n) is 1.41. The summed E-state index contributed by atoms with van der Waals surface area (Å²) in [6, 6.07) is 0. The molecule has 4 nitrogen and oxygen atoms in total. The van der Waals surface area contributed by atoms with Gasteiger partial charge in [0.25, 0.3) is 0 Å². The Balaban J connectivity index is 3.00. The molecule has 0 bridgehead atoms. The minimum atomic E-state index is -0.482. The molecule has 0 radical (unpaired) electrons. The molecule has 0 aliphatic heterocycles. The van der Waals surface area contributed by atoms with E-state index in [1.807, 2.05) is 0 Å². The normalized spacial score (nSPS) is 15.7. The van der Waals surface area contributed by atoms with E-state index in [2.05, 4.69) is 16.1 Å². The van der Waals surface area contributed by atoms with Crippen LogP contribution in [0.5, 0.6) is 0 Å². The topological polar surface area (TPSA) is 52.6 Å². The first-order valence-corrected chi connectivity index (χ1v) is 4.15. The zero-order valence-corrected chi connectivity index (χ0v) is 8.25. The highest BCUT2D eigenvalue weighted by molar-refractivity contribution is 6.02. The van der Waals surface area contributed by atoms with Gasteiger partial charge in [-0.2, -0.15) is 0 Å². The molecule has 4 heteroatoms. The molecule has 0 unspecified atom stereocenters. The average Bonchev–Trinajstić information content (AvgIpc) is 2.58. The van der Waals surface area contributed by atoms with E-state index >= 15 is 0 Å². The number of hydrogen-bond acceptors (Lipinski definition) is 4. The van der Waals surface area contributed by atoms with Gasteiger partial charge in [-0.05, 0) is 0 Å². The molecule has 0 fully saturated rings. The van der Waals surface area contributed by atoms with Crippen molar-refractivity contribution >= 4 is 11.9 Å². The summed E-state index contributed by atoms with van der Waals surface area (Å²) >= 11 is 0. The van der Waals surface area contributed by atoms with Gasteiger partial charge < -0.3 is 9.47 Å². The number of allylic oxidation sites excluding steroid dienone is 1. The Morgan fingerprint density at radius 2 is 1.43 bits per heavy atom. The second-order valence-electron chi connectivity index (χ2n) is 3.04. The van der Waals surface area contributed by atoms with E-state index in [1.54, 1.807) is 0 Å². The number of carbonyl (C=O) groups excluding carboxylic acids is 2. The molecule has 0 aromatic carbocycles. The van der Waals surface area contributed by atoms with Crippen LogP contribution in [0.2, 0.25) is 0 Å². The van der Waals surface area contributed by atoms with Crippen molar-refractivity contribution < 1.29 is 19.1 Å². The van der Waals surface area contributed by atoms with Crippen molar-refractivity contribution in [1.82, 2.24) is 0 Å². The first kappa shape index (κ1) is 10.5. The SMILES string of the molecule is C=C1CC(C(=O)OC)=C(C(=O)OC)C1. The largest absolute Gasteiger partial charge is 0.466 e. The van der Waals surface area contributed by atoms with Crippen LogP contribution in [0.15, 0.2) is 23.3 Å². The molecule has 14 heavy (non-hydrogen) atoms. The molecule has 0 N–H and O–H groups in total. The van der Waals surface area contributed by atoms with Crippen LogP contribution in [0, 0.1) is 0 Å². The quantitative estimate of drug-likeness (QED) is 0.488. The number of methoxy groups -OCH3 is 2. The molecule has 0 aromatic rings.